The Balaban J connectivity index is 1.70. The van der Waals surface area contributed by atoms with Crippen LogP contribution in [0.1, 0.15) is 51.9 Å². The van der Waals surface area contributed by atoms with E-state index in [-0.39, 0.29) is 11.5 Å². The summed E-state index contributed by atoms with van der Waals surface area (Å²) in [6.07, 6.45) is 11.8. The highest BCUT2D eigenvalue weighted by molar-refractivity contribution is 5.96. The first-order chi connectivity index (χ1) is 11.1. The zero-order valence-electron chi connectivity index (χ0n) is 14.1. The maximum Gasteiger partial charge on any atom is 0.0795 e. The van der Waals surface area contributed by atoms with Crippen molar-refractivity contribution in [3.05, 3.63) is 24.3 Å². The van der Waals surface area contributed by atoms with Crippen LogP contribution in [0, 0.1) is 35.0 Å². The standard InChI is InChI=1S/C20H29NO2/c1-3-12-10-13-11-14(21-23)4-5-15(13)16-8-9-20(2)17(19(12)16)6-7-18(20)22/h3,11-12,15-19,22-23H,1,4-10H2,2H3/b21-14-/t12-,15+,16-,17+,18+,19-,20+/m1/s1. The molecule has 0 heterocycles. The fourth-order valence-electron chi connectivity index (χ4n) is 6.59. The molecule has 3 fully saturated rings. The molecule has 4 rings (SSSR count). The molecule has 0 aliphatic heterocycles. The van der Waals surface area contributed by atoms with Gasteiger partial charge in [-0.15, -0.1) is 6.58 Å². The van der Waals surface area contributed by atoms with E-state index in [4.69, 9.17) is 5.21 Å². The number of oxime groups is 1. The highest BCUT2D eigenvalue weighted by atomic mass is 16.4. The summed E-state index contributed by atoms with van der Waals surface area (Å²) in [6, 6.07) is 0. The number of fused-ring (bicyclic) bond motifs is 5. The van der Waals surface area contributed by atoms with E-state index in [9.17, 15) is 5.11 Å². The molecular weight excluding hydrogens is 286 g/mol. The van der Waals surface area contributed by atoms with Gasteiger partial charge in [-0.1, -0.05) is 23.7 Å². The summed E-state index contributed by atoms with van der Waals surface area (Å²) in [5, 5.41) is 23.1. The van der Waals surface area contributed by atoms with Crippen molar-refractivity contribution >= 4 is 5.71 Å². The Hall–Kier alpha value is -1.09. The number of hydrogen-bond donors (Lipinski definition) is 2. The molecule has 0 bridgehead atoms. The van der Waals surface area contributed by atoms with Crippen LogP contribution < -0.4 is 0 Å². The zero-order valence-corrected chi connectivity index (χ0v) is 14.1. The number of rotatable bonds is 1. The van der Waals surface area contributed by atoms with Crippen molar-refractivity contribution in [1.82, 2.24) is 0 Å². The van der Waals surface area contributed by atoms with Crippen molar-refractivity contribution in [3.8, 4) is 0 Å². The van der Waals surface area contributed by atoms with Crippen LogP contribution in [-0.2, 0) is 0 Å². The smallest absolute Gasteiger partial charge is 0.0795 e. The highest BCUT2D eigenvalue weighted by Gasteiger charge is 2.57. The Morgan fingerprint density at radius 2 is 2.13 bits per heavy atom. The van der Waals surface area contributed by atoms with Gasteiger partial charge in [-0.05, 0) is 86.0 Å². The summed E-state index contributed by atoms with van der Waals surface area (Å²) in [6.45, 7) is 6.47. The second kappa shape index (κ2) is 5.47. The monoisotopic (exact) mass is 315 g/mol. The van der Waals surface area contributed by atoms with Crippen LogP contribution >= 0.6 is 0 Å². The number of allylic oxidation sites excluding steroid dienone is 3. The lowest BCUT2D eigenvalue weighted by atomic mass is 9.49. The fourth-order valence-corrected chi connectivity index (χ4v) is 6.59. The van der Waals surface area contributed by atoms with Gasteiger partial charge in [0.05, 0.1) is 11.8 Å². The predicted molar refractivity (Wildman–Crippen MR) is 91.4 cm³/mol. The Labute approximate surface area is 139 Å². The molecule has 0 aromatic rings. The second-order valence-corrected chi connectivity index (χ2v) is 8.54. The first-order valence-corrected chi connectivity index (χ1v) is 9.30. The SMILES string of the molecule is C=C[C@@H]1CC2=C/C(=N\O)CC[C@@H]2[C@H]2CC[C@]3(C)[C@@H](O)CC[C@H]3[C@@H]21. The van der Waals surface area contributed by atoms with Crippen molar-refractivity contribution in [1.29, 1.82) is 0 Å². The molecular formula is C20H29NO2. The minimum Gasteiger partial charge on any atom is -0.411 e. The van der Waals surface area contributed by atoms with Gasteiger partial charge in [0.1, 0.15) is 0 Å². The van der Waals surface area contributed by atoms with Gasteiger partial charge >= 0.3 is 0 Å². The van der Waals surface area contributed by atoms with E-state index in [0.29, 0.717) is 23.7 Å². The van der Waals surface area contributed by atoms with E-state index < -0.39 is 0 Å². The maximum atomic E-state index is 10.6. The van der Waals surface area contributed by atoms with Gasteiger partial charge in [-0.25, -0.2) is 0 Å². The third-order valence-electron chi connectivity index (χ3n) is 7.79. The molecule has 4 aliphatic carbocycles. The molecule has 0 spiro atoms. The minimum absolute atomic E-state index is 0.115. The van der Waals surface area contributed by atoms with Crippen LogP contribution in [0.2, 0.25) is 0 Å². The topological polar surface area (TPSA) is 52.8 Å². The number of aliphatic hydroxyl groups excluding tert-OH is 1. The van der Waals surface area contributed by atoms with Crippen LogP contribution in [0.15, 0.2) is 29.5 Å². The van der Waals surface area contributed by atoms with E-state index in [1.54, 1.807) is 0 Å². The number of hydrogen-bond acceptors (Lipinski definition) is 3. The molecule has 3 nitrogen and oxygen atoms in total. The average molecular weight is 315 g/mol. The van der Waals surface area contributed by atoms with E-state index in [1.165, 1.54) is 18.4 Å². The molecule has 0 saturated heterocycles. The maximum absolute atomic E-state index is 10.6. The number of nitrogens with zero attached hydrogens (tertiary/aromatic N) is 1. The Kier molecular flexibility index (Phi) is 3.67. The molecule has 0 aromatic carbocycles. The van der Waals surface area contributed by atoms with E-state index in [1.807, 2.05) is 0 Å². The van der Waals surface area contributed by atoms with E-state index >= 15 is 0 Å². The van der Waals surface area contributed by atoms with Crippen LogP contribution in [0.25, 0.3) is 0 Å². The zero-order chi connectivity index (χ0) is 16.2. The molecule has 0 unspecified atom stereocenters. The Bertz CT molecular complexity index is 566. The van der Waals surface area contributed by atoms with Crippen molar-refractivity contribution < 1.29 is 10.3 Å². The lowest BCUT2D eigenvalue weighted by Gasteiger charge is -2.55. The molecule has 0 aromatic heterocycles. The molecule has 7 atom stereocenters. The van der Waals surface area contributed by atoms with Gasteiger partial charge in [0.15, 0.2) is 0 Å². The second-order valence-electron chi connectivity index (χ2n) is 8.54. The molecule has 126 valence electrons. The van der Waals surface area contributed by atoms with E-state index in [2.05, 4.69) is 30.8 Å². The summed E-state index contributed by atoms with van der Waals surface area (Å²) in [4.78, 5) is 0. The van der Waals surface area contributed by atoms with Gasteiger partial charge in [0, 0.05) is 0 Å². The molecule has 23 heavy (non-hydrogen) atoms. The first kappa shape index (κ1) is 15.4. The first-order valence-electron chi connectivity index (χ1n) is 9.30. The van der Waals surface area contributed by atoms with E-state index in [0.717, 1.165) is 43.7 Å². The molecule has 4 aliphatic rings. The van der Waals surface area contributed by atoms with Gasteiger partial charge in [0.2, 0.25) is 0 Å². The minimum atomic E-state index is -0.115. The Morgan fingerprint density at radius 1 is 1.30 bits per heavy atom. The van der Waals surface area contributed by atoms with Crippen LogP contribution in [0.3, 0.4) is 0 Å². The van der Waals surface area contributed by atoms with Gasteiger partial charge < -0.3 is 10.3 Å². The third-order valence-corrected chi connectivity index (χ3v) is 7.79. The quantitative estimate of drug-likeness (QED) is 0.433. The lowest BCUT2D eigenvalue weighted by Crippen LogP contribution is -2.50. The summed E-state index contributed by atoms with van der Waals surface area (Å²) in [5.74, 6) is 3.22. The van der Waals surface area contributed by atoms with Crippen LogP contribution in [0.5, 0.6) is 0 Å². The molecule has 0 radical (unpaired) electrons. The molecule has 3 saturated carbocycles. The molecule has 0 amide bonds. The van der Waals surface area contributed by atoms with Crippen LogP contribution in [0.4, 0.5) is 0 Å². The van der Waals surface area contributed by atoms with Crippen LogP contribution in [-0.4, -0.2) is 22.1 Å². The van der Waals surface area contributed by atoms with Crippen molar-refractivity contribution in [2.24, 2.45) is 40.2 Å². The van der Waals surface area contributed by atoms with Gasteiger partial charge in [0.25, 0.3) is 0 Å². The summed E-state index contributed by atoms with van der Waals surface area (Å²) in [5.41, 5.74) is 2.45. The summed E-state index contributed by atoms with van der Waals surface area (Å²) < 4.78 is 0. The summed E-state index contributed by atoms with van der Waals surface area (Å²) in [7, 11) is 0. The fraction of sp³-hybridized carbons (Fsp3) is 0.750. The third kappa shape index (κ3) is 2.15. The largest absolute Gasteiger partial charge is 0.411 e. The van der Waals surface area contributed by atoms with Crippen molar-refractivity contribution in [2.45, 2.75) is 58.0 Å². The molecule has 3 heteroatoms. The average Bonchev–Trinajstić information content (AvgIpc) is 2.88. The normalized spacial score (nSPS) is 50.7. The Morgan fingerprint density at radius 3 is 2.87 bits per heavy atom. The number of aliphatic hydroxyl groups is 1. The van der Waals surface area contributed by atoms with Crippen molar-refractivity contribution in [3.63, 3.8) is 0 Å². The lowest BCUT2D eigenvalue weighted by molar-refractivity contribution is -0.0651. The molecule has 2 N–H and O–H groups in total. The highest BCUT2D eigenvalue weighted by Crippen LogP contribution is 2.63. The predicted octanol–water partition coefficient (Wildman–Crippen LogP) is 4.16. The van der Waals surface area contributed by atoms with Gasteiger partial charge in [-0.2, -0.15) is 0 Å². The van der Waals surface area contributed by atoms with Crippen molar-refractivity contribution in [2.75, 3.05) is 0 Å². The summed E-state index contributed by atoms with van der Waals surface area (Å²) >= 11 is 0. The van der Waals surface area contributed by atoms with Gasteiger partial charge in [-0.3, -0.25) is 0 Å².